The van der Waals surface area contributed by atoms with Crippen molar-refractivity contribution in [2.45, 2.75) is 25.1 Å². The van der Waals surface area contributed by atoms with Crippen LogP contribution in [0.3, 0.4) is 0 Å². The second-order valence-corrected chi connectivity index (χ2v) is 6.04. The van der Waals surface area contributed by atoms with Crippen molar-refractivity contribution < 1.29 is 17.6 Å². The Hall–Kier alpha value is -0.0800. The first-order chi connectivity index (χ1) is 9.87. The van der Waals surface area contributed by atoms with Gasteiger partial charge in [0.2, 0.25) is 0 Å². The second kappa shape index (κ2) is 10.0. The summed E-state index contributed by atoms with van der Waals surface area (Å²) in [5.74, 6) is -0.463. The first kappa shape index (κ1) is 22.9. The molecule has 0 spiro atoms. The van der Waals surface area contributed by atoms with Crippen LogP contribution in [0, 0.1) is 5.82 Å². The van der Waals surface area contributed by atoms with Crippen LogP contribution in [0.5, 0.6) is 0 Å². The van der Waals surface area contributed by atoms with Crippen LogP contribution >= 0.6 is 40.7 Å². The molecular formula is C14H19BrCl2F4N2. The lowest BCUT2D eigenvalue weighted by molar-refractivity contribution is -0.138. The molecule has 1 aromatic carbocycles. The molecule has 23 heavy (non-hydrogen) atoms. The van der Waals surface area contributed by atoms with Gasteiger partial charge in [0.1, 0.15) is 5.82 Å². The molecule has 0 bridgehead atoms. The van der Waals surface area contributed by atoms with E-state index >= 15 is 0 Å². The number of hydrogen-bond donors (Lipinski definition) is 1. The first-order valence-corrected chi connectivity index (χ1v) is 7.62. The average molecular weight is 442 g/mol. The van der Waals surface area contributed by atoms with E-state index in [4.69, 9.17) is 0 Å². The van der Waals surface area contributed by atoms with Crippen molar-refractivity contribution in [1.82, 2.24) is 10.2 Å². The Morgan fingerprint density at radius 2 is 1.78 bits per heavy atom. The molecule has 0 radical (unpaired) electrons. The largest absolute Gasteiger partial charge is 0.389 e. The van der Waals surface area contributed by atoms with Gasteiger partial charge in [0.05, 0.1) is 0 Å². The molecule has 1 aliphatic rings. The maximum absolute atomic E-state index is 14.1. The molecule has 134 valence electrons. The van der Waals surface area contributed by atoms with E-state index in [0.717, 1.165) is 0 Å². The fourth-order valence-corrected chi connectivity index (χ4v) is 2.93. The molecule has 2 nitrogen and oxygen atoms in total. The number of benzene rings is 1. The SMILES string of the molecule is Cl.Cl.Fc1cc(Br)ccc1[C@H](CCC(F)(F)F)N1CCNCC1. The zero-order valence-electron chi connectivity index (χ0n) is 12.2. The Kier molecular flexibility index (Phi) is 10.00. The number of rotatable bonds is 4. The maximum Gasteiger partial charge on any atom is 0.389 e. The van der Waals surface area contributed by atoms with Crippen molar-refractivity contribution in [1.29, 1.82) is 0 Å². The summed E-state index contributed by atoms with van der Waals surface area (Å²) in [6.45, 7) is 2.66. The zero-order valence-corrected chi connectivity index (χ0v) is 15.4. The minimum atomic E-state index is -4.22. The molecule has 1 saturated heterocycles. The Morgan fingerprint density at radius 1 is 1.17 bits per heavy atom. The predicted octanol–water partition coefficient (Wildman–Crippen LogP) is 4.72. The maximum atomic E-state index is 14.1. The highest BCUT2D eigenvalue weighted by atomic mass is 79.9. The minimum Gasteiger partial charge on any atom is -0.314 e. The second-order valence-electron chi connectivity index (χ2n) is 5.12. The third-order valence-corrected chi connectivity index (χ3v) is 4.11. The number of nitrogens with zero attached hydrogens (tertiary/aromatic N) is 1. The van der Waals surface area contributed by atoms with E-state index < -0.39 is 24.5 Å². The molecule has 1 atom stereocenters. The highest BCUT2D eigenvalue weighted by Crippen LogP contribution is 2.33. The average Bonchev–Trinajstić information content (AvgIpc) is 2.41. The molecule has 2 rings (SSSR count). The van der Waals surface area contributed by atoms with Crippen molar-refractivity contribution in [2.24, 2.45) is 0 Å². The smallest absolute Gasteiger partial charge is 0.314 e. The lowest BCUT2D eigenvalue weighted by Crippen LogP contribution is -2.45. The summed E-state index contributed by atoms with van der Waals surface area (Å²) in [6, 6.07) is 4.00. The molecule has 1 aliphatic heterocycles. The van der Waals surface area contributed by atoms with Gasteiger partial charge in [0.15, 0.2) is 0 Å². The Bertz CT molecular complexity index is 482. The zero-order chi connectivity index (χ0) is 15.5. The van der Waals surface area contributed by atoms with Crippen LogP contribution in [0.1, 0.15) is 24.4 Å². The Balaban J connectivity index is 0.00000242. The predicted molar refractivity (Wildman–Crippen MR) is 91.1 cm³/mol. The number of nitrogens with one attached hydrogen (secondary N) is 1. The van der Waals surface area contributed by atoms with E-state index in [1.165, 1.54) is 6.07 Å². The van der Waals surface area contributed by atoms with Crippen molar-refractivity contribution in [3.63, 3.8) is 0 Å². The molecule has 1 heterocycles. The summed E-state index contributed by atoms with van der Waals surface area (Å²) >= 11 is 3.17. The fraction of sp³-hybridized carbons (Fsp3) is 0.571. The van der Waals surface area contributed by atoms with E-state index in [0.29, 0.717) is 36.2 Å². The Morgan fingerprint density at radius 3 is 2.30 bits per heavy atom. The van der Waals surface area contributed by atoms with E-state index in [1.807, 2.05) is 4.90 Å². The lowest BCUT2D eigenvalue weighted by Gasteiger charge is -2.35. The van der Waals surface area contributed by atoms with Crippen LogP contribution in [0.15, 0.2) is 22.7 Å². The van der Waals surface area contributed by atoms with Gasteiger partial charge in [-0.2, -0.15) is 13.2 Å². The summed E-state index contributed by atoms with van der Waals surface area (Å²) in [5, 5.41) is 3.15. The van der Waals surface area contributed by atoms with Gasteiger partial charge < -0.3 is 5.32 Å². The molecule has 1 fully saturated rings. The molecule has 0 aromatic heterocycles. The van der Waals surface area contributed by atoms with Crippen LogP contribution < -0.4 is 5.32 Å². The molecule has 0 unspecified atom stereocenters. The van der Waals surface area contributed by atoms with Gasteiger partial charge in [-0.05, 0) is 18.6 Å². The summed E-state index contributed by atoms with van der Waals surface area (Å²) < 4.78 is 52.3. The molecule has 1 aromatic rings. The topological polar surface area (TPSA) is 15.3 Å². The van der Waals surface area contributed by atoms with Gasteiger partial charge in [-0.3, -0.25) is 4.90 Å². The molecule has 0 amide bonds. The molecule has 9 heteroatoms. The number of piperazine rings is 1. The van der Waals surface area contributed by atoms with Gasteiger partial charge in [-0.15, -0.1) is 24.8 Å². The molecular weight excluding hydrogens is 423 g/mol. The van der Waals surface area contributed by atoms with E-state index in [2.05, 4.69) is 21.2 Å². The van der Waals surface area contributed by atoms with Gasteiger partial charge in [-0.1, -0.05) is 22.0 Å². The standard InChI is InChI=1S/C14H17BrF4N2.2ClH/c15-10-1-2-11(12(16)9-10)13(3-4-14(17,18)19)21-7-5-20-6-8-21;;/h1-2,9,13,20H,3-8H2;2*1H/t13-;;/m0../s1. The molecule has 1 N–H and O–H groups in total. The van der Waals surface area contributed by atoms with E-state index in [9.17, 15) is 17.6 Å². The highest BCUT2D eigenvalue weighted by Gasteiger charge is 2.32. The summed E-state index contributed by atoms with van der Waals surface area (Å²) in [6.07, 6.45) is -5.25. The van der Waals surface area contributed by atoms with E-state index in [-0.39, 0.29) is 31.2 Å². The summed E-state index contributed by atoms with van der Waals surface area (Å²) in [7, 11) is 0. The van der Waals surface area contributed by atoms with Crippen LogP contribution in [-0.4, -0.2) is 37.3 Å². The third-order valence-electron chi connectivity index (χ3n) is 3.62. The third kappa shape index (κ3) is 7.13. The van der Waals surface area contributed by atoms with Gasteiger partial charge in [-0.25, -0.2) is 4.39 Å². The lowest BCUT2D eigenvalue weighted by atomic mass is 9.98. The van der Waals surface area contributed by atoms with Crippen molar-refractivity contribution in [2.75, 3.05) is 26.2 Å². The quantitative estimate of drug-likeness (QED) is 0.680. The summed E-state index contributed by atoms with van der Waals surface area (Å²) in [5.41, 5.74) is 0.337. The van der Waals surface area contributed by atoms with E-state index in [1.54, 1.807) is 12.1 Å². The van der Waals surface area contributed by atoms with Crippen molar-refractivity contribution in [3.05, 3.63) is 34.1 Å². The van der Waals surface area contributed by atoms with Crippen LogP contribution in [0.4, 0.5) is 17.6 Å². The Labute approximate surface area is 153 Å². The first-order valence-electron chi connectivity index (χ1n) is 6.83. The van der Waals surface area contributed by atoms with Crippen LogP contribution in [-0.2, 0) is 0 Å². The van der Waals surface area contributed by atoms with Gasteiger partial charge in [0, 0.05) is 48.7 Å². The van der Waals surface area contributed by atoms with Crippen LogP contribution in [0.25, 0.3) is 0 Å². The summed E-state index contributed by atoms with van der Waals surface area (Å²) in [4.78, 5) is 1.93. The fourth-order valence-electron chi connectivity index (χ4n) is 2.60. The molecule has 0 saturated carbocycles. The van der Waals surface area contributed by atoms with Gasteiger partial charge >= 0.3 is 6.18 Å². The van der Waals surface area contributed by atoms with Gasteiger partial charge in [0.25, 0.3) is 0 Å². The number of hydrogen-bond acceptors (Lipinski definition) is 2. The molecule has 0 aliphatic carbocycles. The van der Waals surface area contributed by atoms with Crippen molar-refractivity contribution >= 4 is 40.7 Å². The van der Waals surface area contributed by atoms with Crippen molar-refractivity contribution in [3.8, 4) is 0 Å². The van der Waals surface area contributed by atoms with Crippen LogP contribution in [0.2, 0.25) is 0 Å². The normalized spacial score (nSPS) is 17.1. The monoisotopic (exact) mass is 440 g/mol. The minimum absolute atomic E-state index is 0. The number of halogens is 7. The highest BCUT2D eigenvalue weighted by molar-refractivity contribution is 9.10. The number of alkyl halides is 3.